The van der Waals surface area contributed by atoms with Crippen molar-refractivity contribution in [3.63, 3.8) is 0 Å². The number of thiazole rings is 1. The number of ether oxygens (including phenoxy) is 1. The lowest BCUT2D eigenvalue weighted by Gasteiger charge is -2.26. The van der Waals surface area contributed by atoms with Gasteiger partial charge in [0.2, 0.25) is 10.0 Å². The molecule has 0 spiro atoms. The third kappa shape index (κ3) is 3.88. The van der Waals surface area contributed by atoms with Gasteiger partial charge in [0, 0.05) is 24.5 Å². The first-order valence-corrected chi connectivity index (χ1v) is 12.4. The predicted octanol–water partition coefficient (Wildman–Crippen LogP) is 3.80. The van der Waals surface area contributed by atoms with Gasteiger partial charge in [0.15, 0.2) is 4.80 Å². The zero-order valence-corrected chi connectivity index (χ0v) is 18.1. The standard InChI is InChI=1S/C22H23N3O3S2/c26-30(27,24-12-14-28-15-13-24)20-10-6-18(7-11-20)23-22-25(19-8-9-19)21(16-29-22)17-4-2-1-3-5-17/h1-7,10-11,16,19H,8-9,12-15H2. The van der Waals surface area contributed by atoms with Gasteiger partial charge in [-0.2, -0.15) is 4.31 Å². The van der Waals surface area contributed by atoms with Crippen LogP contribution >= 0.6 is 11.3 Å². The zero-order chi connectivity index (χ0) is 20.6. The maximum Gasteiger partial charge on any atom is 0.243 e. The highest BCUT2D eigenvalue weighted by Crippen LogP contribution is 2.38. The summed E-state index contributed by atoms with van der Waals surface area (Å²) in [5, 5.41) is 2.16. The van der Waals surface area contributed by atoms with Crippen molar-refractivity contribution >= 4 is 27.0 Å². The third-order valence-corrected chi connectivity index (χ3v) is 8.15. The molecule has 1 aromatic heterocycles. The van der Waals surface area contributed by atoms with Crippen LogP contribution in [0.1, 0.15) is 18.9 Å². The summed E-state index contributed by atoms with van der Waals surface area (Å²) in [6.07, 6.45) is 2.33. The highest BCUT2D eigenvalue weighted by Gasteiger charge is 2.28. The molecule has 2 aliphatic rings. The maximum atomic E-state index is 12.8. The Hall–Kier alpha value is -2.26. The molecular weight excluding hydrogens is 418 g/mol. The Bertz CT molecular complexity index is 1190. The predicted molar refractivity (Wildman–Crippen MR) is 117 cm³/mol. The van der Waals surface area contributed by atoms with Crippen LogP contribution in [0.15, 0.2) is 69.9 Å². The average Bonchev–Trinajstić information content (AvgIpc) is 3.55. The van der Waals surface area contributed by atoms with Crippen LogP contribution in [0, 0.1) is 0 Å². The first-order valence-electron chi connectivity index (χ1n) is 10.1. The van der Waals surface area contributed by atoms with Crippen molar-refractivity contribution in [2.45, 2.75) is 23.8 Å². The van der Waals surface area contributed by atoms with E-state index in [1.165, 1.54) is 28.4 Å². The molecule has 0 atom stereocenters. The molecule has 8 heteroatoms. The summed E-state index contributed by atoms with van der Waals surface area (Å²) in [6.45, 7) is 1.67. The Balaban J connectivity index is 1.47. The van der Waals surface area contributed by atoms with Gasteiger partial charge in [-0.05, 0) is 42.7 Å². The van der Waals surface area contributed by atoms with E-state index >= 15 is 0 Å². The Morgan fingerprint density at radius 3 is 2.33 bits per heavy atom. The maximum absolute atomic E-state index is 12.8. The van der Waals surface area contributed by atoms with Crippen LogP contribution in [0.4, 0.5) is 5.69 Å². The molecule has 0 radical (unpaired) electrons. The van der Waals surface area contributed by atoms with Gasteiger partial charge in [-0.3, -0.25) is 0 Å². The van der Waals surface area contributed by atoms with Gasteiger partial charge in [0.05, 0.1) is 29.5 Å². The van der Waals surface area contributed by atoms with Crippen molar-refractivity contribution in [3.05, 3.63) is 64.8 Å². The van der Waals surface area contributed by atoms with Crippen LogP contribution < -0.4 is 4.80 Å². The van der Waals surface area contributed by atoms with Crippen LogP contribution in [0.25, 0.3) is 11.3 Å². The van der Waals surface area contributed by atoms with E-state index in [4.69, 9.17) is 9.73 Å². The van der Waals surface area contributed by atoms with Gasteiger partial charge in [-0.1, -0.05) is 30.3 Å². The van der Waals surface area contributed by atoms with Crippen molar-refractivity contribution in [2.75, 3.05) is 26.3 Å². The van der Waals surface area contributed by atoms with Gasteiger partial charge in [-0.15, -0.1) is 11.3 Å². The lowest BCUT2D eigenvalue weighted by molar-refractivity contribution is 0.0730. The summed E-state index contributed by atoms with van der Waals surface area (Å²) < 4.78 is 34.7. The second-order valence-corrected chi connectivity index (χ2v) is 10.3. The van der Waals surface area contributed by atoms with E-state index in [0.717, 1.165) is 10.5 Å². The first-order chi connectivity index (χ1) is 14.6. The number of benzene rings is 2. The molecule has 156 valence electrons. The smallest absolute Gasteiger partial charge is 0.243 e. The van der Waals surface area contributed by atoms with Crippen molar-refractivity contribution in [2.24, 2.45) is 4.99 Å². The van der Waals surface area contributed by atoms with Crippen LogP contribution in [0.3, 0.4) is 0 Å². The molecule has 2 heterocycles. The SMILES string of the molecule is O=S(=O)(c1ccc(N=c2scc(-c3ccccc3)n2C2CC2)cc1)N1CCOCC1. The molecular formula is C22H23N3O3S2. The Morgan fingerprint density at radius 2 is 1.67 bits per heavy atom. The summed E-state index contributed by atoms with van der Waals surface area (Å²) in [6, 6.07) is 17.7. The van der Waals surface area contributed by atoms with E-state index in [9.17, 15) is 8.42 Å². The van der Waals surface area contributed by atoms with Crippen LogP contribution in [0.2, 0.25) is 0 Å². The van der Waals surface area contributed by atoms with Crippen molar-refractivity contribution in [1.82, 2.24) is 8.87 Å². The monoisotopic (exact) mass is 441 g/mol. The summed E-state index contributed by atoms with van der Waals surface area (Å²) in [5.74, 6) is 0. The molecule has 2 aromatic carbocycles. The fourth-order valence-electron chi connectivity index (χ4n) is 3.65. The molecule has 0 unspecified atom stereocenters. The van der Waals surface area contributed by atoms with Crippen LogP contribution in [-0.2, 0) is 14.8 Å². The minimum Gasteiger partial charge on any atom is -0.379 e. The Kier molecular flexibility index (Phi) is 5.32. The fraction of sp³-hybridized carbons (Fsp3) is 0.318. The van der Waals surface area contributed by atoms with Crippen molar-refractivity contribution < 1.29 is 13.2 Å². The topological polar surface area (TPSA) is 63.9 Å². The minimum atomic E-state index is -3.49. The van der Waals surface area contributed by atoms with Gasteiger partial charge in [0.1, 0.15) is 0 Å². The number of rotatable bonds is 5. The number of hydrogen-bond donors (Lipinski definition) is 0. The minimum absolute atomic E-state index is 0.301. The van der Waals surface area contributed by atoms with Gasteiger partial charge >= 0.3 is 0 Å². The lowest BCUT2D eigenvalue weighted by Crippen LogP contribution is -2.40. The molecule has 0 N–H and O–H groups in total. The van der Waals surface area contributed by atoms with Gasteiger partial charge < -0.3 is 9.30 Å². The number of aromatic nitrogens is 1. The molecule has 30 heavy (non-hydrogen) atoms. The normalized spacial score (nSPS) is 18.6. The van der Waals surface area contributed by atoms with Gasteiger partial charge in [0.25, 0.3) is 0 Å². The largest absolute Gasteiger partial charge is 0.379 e. The number of morpholine rings is 1. The molecule has 2 fully saturated rings. The molecule has 1 saturated heterocycles. The van der Waals surface area contributed by atoms with E-state index < -0.39 is 10.0 Å². The van der Waals surface area contributed by atoms with E-state index in [0.29, 0.717) is 37.2 Å². The quantitative estimate of drug-likeness (QED) is 0.605. The van der Waals surface area contributed by atoms with E-state index in [2.05, 4.69) is 34.2 Å². The average molecular weight is 442 g/mol. The molecule has 0 amide bonds. The second-order valence-electron chi connectivity index (χ2n) is 7.49. The summed E-state index contributed by atoms with van der Waals surface area (Å²) in [7, 11) is -3.49. The summed E-state index contributed by atoms with van der Waals surface area (Å²) >= 11 is 1.62. The highest BCUT2D eigenvalue weighted by molar-refractivity contribution is 7.89. The molecule has 0 bridgehead atoms. The number of sulfonamides is 1. The molecule has 5 rings (SSSR count). The van der Waals surface area contributed by atoms with Crippen LogP contribution in [0.5, 0.6) is 0 Å². The van der Waals surface area contributed by atoms with E-state index in [1.807, 2.05) is 6.07 Å². The molecule has 6 nitrogen and oxygen atoms in total. The molecule has 3 aromatic rings. The van der Waals surface area contributed by atoms with Crippen LogP contribution in [-0.4, -0.2) is 43.6 Å². The first kappa shape index (κ1) is 19.7. The Morgan fingerprint density at radius 1 is 0.967 bits per heavy atom. The lowest BCUT2D eigenvalue weighted by atomic mass is 10.2. The molecule has 1 aliphatic heterocycles. The second kappa shape index (κ2) is 8.11. The highest BCUT2D eigenvalue weighted by atomic mass is 32.2. The molecule has 1 aliphatic carbocycles. The fourth-order valence-corrected chi connectivity index (χ4v) is 6.04. The zero-order valence-electron chi connectivity index (χ0n) is 16.5. The number of nitrogens with zero attached hydrogens (tertiary/aromatic N) is 3. The Labute approximate surface area is 180 Å². The third-order valence-electron chi connectivity index (χ3n) is 5.39. The van der Waals surface area contributed by atoms with Crippen molar-refractivity contribution in [1.29, 1.82) is 0 Å². The van der Waals surface area contributed by atoms with E-state index in [-0.39, 0.29) is 0 Å². The summed E-state index contributed by atoms with van der Waals surface area (Å²) in [4.78, 5) is 6.08. The van der Waals surface area contributed by atoms with E-state index in [1.54, 1.807) is 35.6 Å². The summed E-state index contributed by atoms with van der Waals surface area (Å²) in [5.41, 5.74) is 3.13. The van der Waals surface area contributed by atoms with Crippen molar-refractivity contribution in [3.8, 4) is 11.3 Å². The molecule has 1 saturated carbocycles. The number of hydrogen-bond acceptors (Lipinski definition) is 5. The van der Waals surface area contributed by atoms with Gasteiger partial charge in [-0.25, -0.2) is 13.4 Å².